The Morgan fingerprint density at radius 1 is 1.50 bits per heavy atom. The van der Waals surface area contributed by atoms with E-state index in [2.05, 4.69) is 4.72 Å². The van der Waals surface area contributed by atoms with E-state index in [1.54, 1.807) is 0 Å². The van der Waals surface area contributed by atoms with Crippen LogP contribution in [0.25, 0.3) is 0 Å². The van der Waals surface area contributed by atoms with E-state index in [9.17, 15) is 8.42 Å². The molecule has 14 heavy (non-hydrogen) atoms. The van der Waals surface area contributed by atoms with Crippen LogP contribution in [0.4, 0.5) is 0 Å². The van der Waals surface area contributed by atoms with Gasteiger partial charge in [-0.1, -0.05) is 0 Å². The fourth-order valence-corrected chi connectivity index (χ4v) is 1.84. The molecule has 0 aromatic heterocycles. The number of hydrogen-bond acceptors (Lipinski definition) is 5. The summed E-state index contributed by atoms with van der Waals surface area (Å²) in [6, 6.07) is 0. The third-order valence-electron chi connectivity index (χ3n) is 1.51. The maximum atomic E-state index is 11.2. The number of ether oxygens (including phenoxy) is 1. The highest BCUT2D eigenvalue weighted by molar-refractivity contribution is 7.89. The second-order valence-electron chi connectivity index (χ2n) is 2.85. The normalized spacial score (nSPS) is 14.2. The molecule has 0 saturated heterocycles. The Bertz CT molecular complexity index is 228. The van der Waals surface area contributed by atoms with Gasteiger partial charge in [-0.25, -0.2) is 13.1 Å². The number of aliphatic hydroxyl groups is 2. The summed E-state index contributed by atoms with van der Waals surface area (Å²) in [5, 5.41) is 17.3. The maximum absolute atomic E-state index is 11.2. The van der Waals surface area contributed by atoms with Gasteiger partial charge >= 0.3 is 0 Å². The Hall–Kier alpha value is -0.210. The Kier molecular flexibility index (Phi) is 7.02. The van der Waals surface area contributed by atoms with Gasteiger partial charge in [-0.05, 0) is 6.42 Å². The summed E-state index contributed by atoms with van der Waals surface area (Å²) in [5.74, 6) is -0.0427. The van der Waals surface area contributed by atoms with Gasteiger partial charge in [0.15, 0.2) is 0 Å². The molecule has 1 atom stereocenters. The number of hydrogen-bond donors (Lipinski definition) is 3. The van der Waals surface area contributed by atoms with Gasteiger partial charge in [0.05, 0.1) is 18.5 Å². The van der Waals surface area contributed by atoms with E-state index in [4.69, 9.17) is 14.9 Å². The van der Waals surface area contributed by atoms with Gasteiger partial charge in [0.1, 0.15) is 0 Å². The van der Waals surface area contributed by atoms with Gasteiger partial charge in [0, 0.05) is 20.3 Å². The molecule has 0 heterocycles. The summed E-state index contributed by atoms with van der Waals surface area (Å²) in [6.07, 6.45) is -0.645. The molecule has 7 heteroatoms. The first-order chi connectivity index (χ1) is 6.52. The molecule has 6 nitrogen and oxygen atoms in total. The maximum Gasteiger partial charge on any atom is 0.211 e. The molecule has 0 aromatic rings. The minimum absolute atomic E-state index is 0.0427. The van der Waals surface area contributed by atoms with Crippen LogP contribution in [0, 0.1) is 0 Å². The first kappa shape index (κ1) is 13.8. The lowest BCUT2D eigenvalue weighted by molar-refractivity contribution is 0.0988. The van der Waals surface area contributed by atoms with E-state index in [0.717, 1.165) is 0 Å². The van der Waals surface area contributed by atoms with Crippen LogP contribution in [-0.4, -0.2) is 57.4 Å². The van der Waals surface area contributed by atoms with Crippen molar-refractivity contribution in [2.75, 3.05) is 32.6 Å². The molecule has 1 unspecified atom stereocenters. The Labute approximate surface area is 83.9 Å². The average molecular weight is 227 g/mol. The van der Waals surface area contributed by atoms with E-state index in [1.165, 1.54) is 7.11 Å². The summed E-state index contributed by atoms with van der Waals surface area (Å²) < 4.78 is 29.2. The minimum Gasteiger partial charge on any atom is -0.394 e. The molecule has 86 valence electrons. The average Bonchev–Trinajstić information content (AvgIpc) is 2.14. The van der Waals surface area contributed by atoms with Crippen LogP contribution in [-0.2, 0) is 14.8 Å². The zero-order valence-electron chi connectivity index (χ0n) is 8.14. The highest BCUT2D eigenvalue weighted by Gasteiger charge is 2.11. The van der Waals surface area contributed by atoms with Crippen molar-refractivity contribution in [3.8, 4) is 0 Å². The highest BCUT2D eigenvalue weighted by atomic mass is 32.2. The first-order valence-electron chi connectivity index (χ1n) is 4.27. The smallest absolute Gasteiger partial charge is 0.211 e. The first-order valence-corrected chi connectivity index (χ1v) is 5.92. The van der Waals surface area contributed by atoms with Crippen molar-refractivity contribution in [2.45, 2.75) is 12.5 Å². The van der Waals surface area contributed by atoms with E-state index < -0.39 is 22.7 Å². The molecule has 0 saturated carbocycles. The lowest BCUT2D eigenvalue weighted by Gasteiger charge is -2.09. The summed E-state index contributed by atoms with van der Waals surface area (Å²) in [4.78, 5) is 0. The van der Waals surface area contributed by atoms with Crippen molar-refractivity contribution in [3.63, 3.8) is 0 Å². The van der Waals surface area contributed by atoms with Crippen LogP contribution in [0.3, 0.4) is 0 Å². The van der Waals surface area contributed by atoms with Crippen LogP contribution in [0.5, 0.6) is 0 Å². The van der Waals surface area contributed by atoms with E-state index in [-0.39, 0.29) is 12.3 Å². The van der Waals surface area contributed by atoms with Gasteiger partial charge in [-0.15, -0.1) is 0 Å². The molecule has 0 rings (SSSR count). The van der Waals surface area contributed by atoms with Crippen molar-refractivity contribution in [3.05, 3.63) is 0 Å². The fraction of sp³-hybridized carbons (Fsp3) is 1.00. The summed E-state index contributed by atoms with van der Waals surface area (Å²) in [5.41, 5.74) is 0. The Balaban J connectivity index is 3.73. The van der Waals surface area contributed by atoms with Crippen molar-refractivity contribution in [1.82, 2.24) is 4.72 Å². The number of rotatable bonds is 8. The van der Waals surface area contributed by atoms with Crippen molar-refractivity contribution in [2.24, 2.45) is 0 Å². The van der Waals surface area contributed by atoms with Crippen molar-refractivity contribution < 1.29 is 23.4 Å². The molecular weight excluding hydrogens is 210 g/mol. The van der Waals surface area contributed by atoms with Gasteiger partial charge in [0.25, 0.3) is 0 Å². The lowest BCUT2D eigenvalue weighted by atomic mass is 10.4. The molecule has 3 N–H and O–H groups in total. The number of methoxy groups -OCH3 is 1. The molecule has 0 bridgehead atoms. The topological polar surface area (TPSA) is 95.9 Å². The number of nitrogens with one attached hydrogen (secondary N) is 1. The standard InChI is InChI=1S/C7H17NO5S/c1-13-3-2-4-14(11,12)8-5-7(10)6-9/h7-10H,2-6H2,1H3. The van der Waals surface area contributed by atoms with Crippen LogP contribution >= 0.6 is 0 Å². The minimum atomic E-state index is -3.36. The quantitative estimate of drug-likeness (QED) is 0.429. The van der Waals surface area contributed by atoms with E-state index in [1.807, 2.05) is 0 Å². The molecule has 0 spiro atoms. The molecule has 0 radical (unpaired) electrons. The predicted octanol–water partition coefficient (Wildman–Crippen LogP) is -1.70. The second kappa shape index (κ2) is 7.13. The van der Waals surface area contributed by atoms with Gasteiger partial charge in [-0.2, -0.15) is 0 Å². The second-order valence-corrected chi connectivity index (χ2v) is 4.78. The van der Waals surface area contributed by atoms with Gasteiger partial charge in [-0.3, -0.25) is 0 Å². The monoisotopic (exact) mass is 227 g/mol. The number of sulfonamides is 1. The SMILES string of the molecule is COCCCS(=O)(=O)NCC(O)CO. The third kappa shape index (κ3) is 7.22. The van der Waals surface area contributed by atoms with Gasteiger partial charge < -0.3 is 14.9 Å². The zero-order valence-corrected chi connectivity index (χ0v) is 8.96. The summed E-state index contributed by atoms with van der Waals surface area (Å²) in [6.45, 7) is -0.240. The van der Waals surface area contributed by atoms with Crippen molar-refractivity contribution in [1.29, 1.82) is 0 Å². The molecule has 0 aromatic carbocycles. The van der Waals surface area contributed by atoms with Crippen LogP contribution in [0.2, 0.25) is 0 Å². The van der Waals surface area contributed by atoms with Crippen molar-refractivity contribution >= 4 is 10.0 Å². The summed E-state index contributed by atoms with van der Waals surface area (Å²) in [7, 11) is -1.86. The molecule has 0 amide bonds. The third-order valence-corrected chi connectivity index (χ3v) is 2.94. The molecule has 0 fully saturated rings. The Morgan fingerprint density at radius 2 is 2.14 bits per heavy atom. The largest absolute Gasteiger partial charge is 0.394 e. The van der Waals surface area contributed by atoms with Crippen LogP contribution in [0.15, 0.2) is 0 Å². The zero-order chi connectivity index (χ0) is 11.0. The van der Waals surface area contributed by atoms with E-state index in [0.29, 0.717) is 13.0 Å². The summed E-state index contributed by atoms with van der Waals surface area (Å²) >= 11 is 0. The molecule has 0 aliphatic rings. The lowest BCUT2D eigenvalue weighted by Crippen LogP contribution is -2.35. The molecule has 0 aliphatic heterocycles. The number of aliphatic hydroxyl groups excluding tert-OH is 2. The van der Waals surface area contributed by atoms with Gasteiger partial charge in [0.2, 0.25) is 10.0 Å². The highest BCUT2D eigenvalue weighted by Crippen LogP contribution is 1.90. The molecule has 0 aliphatic carbocycles. The molecular formula is C7H17NO5S. The van der Waals surface area contributed by atoms with Crippen LogP contribution in [0.1, 0.15) is 6.42 Å². The fourth-order valence-electron chi connectivity index (χ4n) is 0.753. The van der Waals surface area contributed by atoms with Crippen LogP contribution < -0.4 is 4.72 Å². The van der Waals surface area contributed by atoms with E-state index >= 15 is 0 Å². The predicted molar refractivity (Wildman–Crippen MR) is 51.4 cm³/mol. The Morgan fingerprint density at radius 3 is 2.64 bits per heavy atom.